The lowest BCUT2D eigenvalue weighted by molar-refractivity contribution is -0.277. The number of phenolic OH excluding ortho intramolecular Hbond substituents is 3. The summed E-state index contributed by atoms with van der Waals surface area (Å²) >= 11 is 0. The van der Waals surface area contributed by atoms with E-state index in [2.05, 4.69) is 0 Å². The number of benzene rings is 3. The molecule has 0 saturated carbocycles. The molecule has 1 aliphatic rings. The number of phenols is 3. The second-order valence-corrected chi connectivity index (χ2v) is 8.46. The van der Waals surface area contributed by atoms with Gasteiger partial charge in [0.1, 0.15) is 54.0 Å². The number of aliphatic hydroxyl groups is 3. The van der Waals surface area contributed by atoms with E-state index in [0.29, 0.717) is 5.56 Å². The van der Waals surface area contributed by atoms with E-state index in [9.17, 15) is 35.4 Å². The van der Waals surface area contributed by atoms with Crippen molar-refractivity contribution in [3.63, 3.8) is 0 Å². The number of ether oxygens (including phenoxy) is 3. The van der Waals surface area contributed by atoms with Gasteiger partial charge in [0.2, 0.25) is 6.29 Å². The van der Waals surface area contributed by atoms with Crippen LogP contribution >= 0.6 is 0 Å². The number of aliphatic hydroxyl groups excluding tert-OH is 3. The van der Waals surface area contributed by atoms with Crippen molar-refractivity contribution in [2.24, 2.45) is 0 Å². The Labute approximate surface area is 211 Å². The molecule has 3 aromatic carbocycles. The fourth-order valence-electron chi connectivity index (χ4n) is 3.67. The molecule has 4 rings (SSSR count). The average molecular weight is 510 g/mol. The second kappa shape index (κ2) is 11.3. The standard InChI is InChI=1S/C27H26O10/c28-18-7-3-15(4-8-18)1-2-16-11-20(30)13-21(12-16)36-27-25(33)24(32)23(31)22(37-27)14-35-26(34)17-5-9-19(29)10-6-17/h1-13,22-25,27-33H,14H2. The van der Waals surface area contributed by atoms with Gasteiger partial charge in [0.05, 0.1) is 5.56 Å². The first-order valence-electron chi connectivity index (χ1n) is 11.3. The highest BCUT2D eigenvalue weighted by atomic mass is 16.7. The normalized spacial score (nSPS) is 23.6. The number of aromatic hydroxyl groups is 3. The molecule has 5 unspecified atom stereocenters. The summed E-state index contributed by atoms with van der Waals surface area (Å²) in [7, 11) is 0. The summed E-state index contributed by atoms with van der Waals surface area (Å²) in [4.78, 5) is 12.2. The van der Waals surface area contributed by atoms with E-state index in [1.54, 1.807) is 30.4 Å². The van der Waals surface area contributed by atoms with Gasteiger partial charge in [-0.2, -0.15) is 0 Å². The van der Waals surface area contributed by atoms with Crippen molar-refractivity contribution in [3.8, 4) is 23.0 Å². The van der Waals surface area contributed by atoms with Crippen molar-refractivity contribution in [1.82, 2.24) is 0 Å². The molecule has 0 bridgehead atoms. The van der Waals surface area contributed by atoms with Crippen molar-refractivity contribution in [3.05, 3.63) is 83.4 Å². The highest BCUT2D eigenvalue weighted by Crippen LogP contribution is 2.29. The number of carbonyl (C=O) groups excluding carboxylic acids is 1. The van der Waals surface area contributed by atoms with Crippen LogP contribution in [0.2, 0.25) is 0 Å². The van der Waals surface area contributed by atoms with Crippen LogP contribution in [0.15, 0.2) is 66.7 Å². The average Bonchev–Trinajstić information content (AvgIpc) is 2.88. The van der Waals surface area contributed by atoms with Crippen LogP contribution in [0.3, 0.4) is 0 Å². The molecule has 194 valence electrons. The molecule has 0 amide bonds. The SMILES string of the molecule is O=C(OCC1OC(Oc2cc(O)cc(C=Cc3ccc(O)cc3)c2)C(O)C(O)C1O)c1ccc(O)cc1. The molecule has 10 nitrogen and oxygen atoms in total. The predicted octanol–water partition coefficient (Wildman–Crippen LogP) is 2.02. The van der Waals surface area contributed by atoms with E-state index in [1.807, 2.05) is 0 Å². The van der Waals surface area contributed by atoms with Gasteiger partial charge in [-0.25, -0.2) is 4.79 Å². The fraction of sp³-hybridized carbons (Fsp3) is 0.222. The van der Waals surface area contributed by atoms with Crippen LogP contribution in [-0.2, 0) is 9.47 Å². The van der Waals surface area contributed by atoms with E-state index in [1.165, 1.54) is 48.5 Å². The quantitative estimate of drug-likeness (QED) is 0.204. The van der Waals surface area contributed by atoms with E-state index < -0.39 is 43.3 Å². The molecule has 1 saturated heterocycles. The fourth-order valence-corrected chi connectivity index (χ4v) is 3.67. The molecule has 37 heavy (non-hydrogen) atoms. The minimum absolute atomic E-state index is 0.0226. The van der Waals surface area contributed by atoms with E-state index in [0.717, 1.165) is 5.56 Å². The van der Waals surface area contributed by atoms with Gasteiger partial charge in [0.15, 0.2) is 0 Å². The summed E-state index contributed by atoms with van der Waals surface area (Å²) in [6, 6.07) is 16.2. The highest BCUT2D eigenvalue weighted by molar-refractivity contribution is 5.89. The second-order valence-electron chi connectivity index (χ2n) is 8.46. The van der Waals surface area contributed by atoms with E-state index >= 15 is 0 Å². The molecule has 0 radical (unpaired) electrons. The molecule has 0 spiro atoms. The van der Waals surface area contributed by atoms with E-state index in [4.69, 9.17) is 14.2 Å². The predicted molar refractivity (Wildman–Crippen MR) is 131 cm³/mol. The van der Waals surface area contributed by atoms with Crippen LogP contribution in [-0.4, -0.2) is 73.9 Å². The number of rotatable bonds is 7. The number of esters is 1. The first-order chi connectivity index (χ1) is 17.7. The van der Waals surface area contributed by atoms with Crippen LogP contribution in [0.1, 0.15) is 21.5 Å². The van der Waals surface area contributed by atoms with Crippen LogP contribution in [0.4, 0.5) is 0 Å². The molecular weight excluding hydrogens is 484 g/mol. The molecule has 1 aliphatic heterocycles. The lowest BCUT2D eigenvalue weighted by atomic mass is 9.99. The van der Waals surface area contributed by atoms with E-state index in [-0.39, 0.29) is 28.6 Å². The smallest absolute Gasteiger partial charge is 0.338 e. The number of hydrogen-bond acceptors (Lipinski definition) is 10. The molecule has 10 heteroatoms. The van der Waals surface area contributed by atoms with Crippen LogP contribution in [0.25, 0.3) is 12.2 Å². The Morgan fingerprint density at radius 3 is 2.05 bits per heavy atom. The van der Waals surface area contributed by atoms with Gasteiger partial charge in [-0.1, -0.05) is 24.3 Å². The lowest BCUT2D eigenvalue weighted by Crippen LogP contribution is -2.60. The van der Waals surface area contributed by atoms with Gasteiger partial charge in [0.25, 0.3) is 0 Å². The summed E-state index contributed by atoms with van der Waals surface area (Å²) in [6.45, 7) is -0.453. The number of hydrogen-bond donors (Lipinski definition) is 6. The Hall–Kier alpha value is -4.09. The molecule has 1 fully saturated rings. The molecule has 3 aromatic rings. The minimum Gasteiger partial charge on any atom is -0.508 e. The first kappa shape index (κ1) is 26.0. The highest BCUT2D eigenvalue weighted by Gasteiger charge is 2.45. The zero-order valence-corrected chi connectivity index (χ0v) is 19.4. The monoisotopic (exact) mass is 510 g/mol. The summed E-state index contributed by atoms with van der Waals surface area (Å²) in [6.07, 6.45) is -4.11. The first-order valence-corrected chi connectivity index (χ1v) is 11.3. The van der Waals surface area contributed by atoms with Crippen molar-refractivity contribution in [2.45, 2.75) is 30.7 Å². The van der Waals surface area contributed by atoms with Crippen molar-refractivity contribution < 1.29 is 49.6 Å². The third-order valence-electron chi connectivity index (χ3n) is 5.68. The number of carbonyl (C=O) groups is 1. The summed E-state index contributed by atoms with van der Waals surface area (Å²) in [5.41, 5.74) is 1.51. The van der Waals surface area contributed by atoms with Gasteiger partial charge in [0, 0.05) is 6.07 Å². The van der Waals surface area contributed by atoms with Crippen LogP contribution in [0, 0.1) is 0 Å². The lowest BCUT2D eigenvalue weighted by Gasteiger charge is -2.39. The minimum atomic E-state index is -1.66. The van der Waals surface area contributed by atoms with Gasteiger partial charge >= 0.3 is 5.97 Å². The summed E-state index contributed by atoms with van der Waals surface area (Å²) in [5.74, 6) is -0.652. The van der Waals surface area contributed by atoms with Gasteiger partial charge in [-0.05, 0) is 59.7 Å². The van der Waals surface area contributed by atoms with Crippen LogP contribution < -0.4 is 4.74 Å². The third kappa shape index (κ3) is 6.57. The topological polar surface area (TPSA) is 166 Å². The molecule has 0 aromatic heterocycles. The zero-order chi connectivity index (χ0) is 26.5. The Morgan fingerprint density at radius 2 is 1.38 bits per heavy atom. The molecular formula is C27H26O10. The Bertz CT molecular complexity index is 1240. The Balaban J connectivity index is 1.43. The maximum Gasteiger partial charge on any atom is 0.338 e. The van der Waals surface area contributed by atoms with Gasteiger partial charge in [-0.15, -0.1) is 0 Å². The summed E-state index contributed by atoms with van der Waals surface area (Å²) in [5, 5.41) is 59.9. The molecule has 5 atom stereocenters. The maximum atomic E-state index is 12.2. The Morgan fingerprint density at radius 1 is 0.757 bits per heavy atom. The maximum absolute atomic E-state index is 12.2. The van der Waals surface area contributed by atoms with Crippen molar-refractivity contribution in [1.29, 1.82) is 0 Å². The van der Waals surface area contributed by atoms with Crippen molar-refractivity contribution >= 4 is 18.1 Å². The molecule has 6 N–H and O–H groups in total. The Kier molecular flexibility index (Phi) is 7.95. The zero-order valence-electron chi connectivity index (χ0n) is 19.4. The summed E-state index contributed by atoms with van der Waals surface area (Å²) < 4.78 is 16.4. The largest absolute Gasteiger partial charge is 0.508 e. The molecule has 1 heterocycles. The van der Waals surface area contributed by atoms with Gasteiger partial charge < -0.3 is 44.8 Å². The van der Waals surface area contributed by atoms with Crippen molar-refractivity contribution in [2.75, 3.05) is 6.61 Å². The molecule has 0 aliphatic carbocycles. The third-order valence-corrected chi connectivity index (χ3v) is 5.68. The van der Waals surface area contributed by atoms with Crippen LogP contribution in [0.5, 0.6) is 23.0 Å². The van der Waals surface area contributed by atoms with Gasteiger partial charge in [-0.3, -0.25) is 0 Å².